The monoisotopic (exact) mass is 396 g/mol. The molecule has 6 nitrogen and oxygen atoms in total. The average molecular weight is 397 g/mol. The van der Waals surface area contributed by atoms with Crippen LogP contribution in [0.5, 0.6) is 0 Å². The number of nitrogens with one attached hydrogen (secondary N) is 1. The SMILES string of the molecule is CCn1nc(CN2CCCC(NC(=O)c3ccc(C)c(C)c3)C2)c2c1CCOC2. The van der Waals surface area contributed by atoms with Crippen molar-refractivity contribution < 1.29 is 9.53 Å². The second-order valence-electron chi connectivity index (χ2n) is 8.34. The molecule has 1 saturated heterocycles. The highest BCUT2D eigenvalue weighted by molar-refractivity contribution is 5.94. The van der Waals surface area contributed by atoms with Gasteiger partial charge < -0.3 is 10.1 Å². The largest absolute Gasteiger partial charge is 0.376 e. The summed E-state index contributed by atoms with van der Waals surface area (Å²) in [5, 5.41) is 8.11. The normalized spacial score (nSPS) is 19.8. The summed E-state index contributed by atoms with van der Waals surface area (Å²) < 4.78 is 7.83. The molecule has 156 valence electrons. The van der Waals surface area contributed by atoms with Gasteiger partial charge in [0.25, 0.3) is 5.91 Å². The van der Waals surface area contributed by atoms with Gasteiger partial charge >= 0.3 is 0 Å². The number of ether oxygens (including phenoxy) is 1. The molecule has 4 rings (SSSR count). The molecule has 3 heterocycles. The van der Waals surface area contributed by atoms with E-state index in [9.17, 15) is 4.79 Å². The third kappa shape index (κ3) is 4.38. The van der Waals surface area contributed by atoms with Crippen LogP contribution in [-0.2, 0) is 30.9 Å². The van der Waals surface area contributed by atoms with E-state index in [0.717, 1.165) is 68.9 Å². The van der Waals surface area contributed by atoms with Crippen molar-refractivity contribution in [2.45, 2.75) is 65.8 Å². The maximum atomic E-state index is 12.7. The number of fused-ring (bicyclic) bond motifs is 1. The molecule has 1 fully saturated rings. The smallest absolute Gasteiger partial charge is 0.251 e. The number of hydrogen-bond donors (Lipinski definition) is 1. The third-order valence-electron chi connectivity index (χ3n) is 6.26. The van der Waals surface area contributed by atoms with Crippen LogP contribution in [0.2, 0.25) is 0 Å². The zero-order chi connectivity index (χ0) is 20.4. The molecule has 0 radical (unpaired) electrons. The molecule has 1 atom stereocenters. The lowest BCUT2D eigenvalue weighted by Gasteiger charge is -2.33. The molecule has 6 heteroatoms. The first-order valence-electron chi connectivity index (χ1n) is 10.8. The van der Waals surface area contributed by atoms with Gasteiger partial charge in [-0.1, -0.05) is 6.07 Å². The number of aryl methyl sites for hydroxylation is 3. The molecule has 1 aromatic carbocycles. The predicted octanol–water partition coefficient (Wildman–Crippen LogP) is 2.99. The molecule has 1 unspecified atom stereocenters. The Hall–Kier alpha value is -2.18. The molecular formula is C23H32N4O2. The topological polar surface area (TPSA) is 59.4 Å². The number of nitrogens with zero attached hydrogens (tertiary/aromatic N) is 3. The van der Waals surface area contributed by atoms with Gasteiger partial charge in [0.2, 0.25) is 0 Å². The van der Waals surface area contributed by atoms with Crippen LogP contribution in [0.25, 0.3) is 0 Å². The molecule has 0 bridgehead atoms. The Bertz CT molecular complexity index is 889. The number of hydrogen-bond acceptors (Lipinski definition) is 4. The van der Waals surface area contributed by atoms with Crippen molar-refractivity contribution >= 4 is 5.91 Å². The third-order valence-corrected chi connectivity index (χ3v) is 6.26. The standard InChI is InChI=1S/C23H32N4O2/c1-4-27-22-9-11-29-15-20(22)21(25-27)14-26-10-5-6-19(13-26)24-23(28)18-8-7-16(2)17(3)12-18/h7-8,12,19H,4-6,9-11,13-15H2,1-3H3,(H,24,28). The maximum Gasteiger partial charge on any atom is 0.251 e. The summed E-state index contributed by atoms with van der Waals surface area (Å²) in [7, 11) is 0. The van der Waals surface area contributed by atoms with E-state index in [2.05, 4.69) is 28.7 Å². The van der Waals surface area contributed by atoms with E-state index in [4.69, 9.17) is 9.84 Å². The second-order valence-corrected chi connectivity index (χ2v) is 8.34. The van der Waals surface area contributed by atoms with Crippen LogP contribution in [0.1, 0.15) is 58.2 Å². The van der Waals surface area contributed by atoms with Crippen molar-refractivity contribution in [3.63, 3.8) is 0 Å². The van der Waals surface area contributed by atoms with Gasteiger partial charge in [-0.3, -0.25) is 14.4 Å². The van der Waals surface area contributed by atoms with Crippen molar-refractivity contribution in [3.8, 4) is 0 Å². The minimum atomic E-state index is 0.0287. The van der Waals surface area contributed by atoms with Gasteiger partial charge in [0.15, 0.2) is 0 Å². The molecule has 1 amide bonds. The highest BCUT2D eigenvalue weighted by atomic mass is 16.5. The van der Waals surface area contributed by atoms with Crippen molar-refractivity contribution in [2.24, 2.45) is 0 Å². The van der Waals surface area contributed by atoms with Crippen LogP contribution in [0.15, 0.2) is 18.2 Å². The van der Waals surface area contributed by atoms with Crippen LogP contribution < -0.4 is 5.32 Å². The van der Waals surface area contributed by atoms with Crippen LogP contribution in [0, 0.1) is 13.8 Å². The fourth-order valence-electron chi connectivity index (χ4n) is 4.45. The zero-order valence-corrected chi connectivity index (χ0v) is 17.8. The summed E-state index contributed by atoms with van der Waals surface area (Å²) in [5.74, 6) is 0.0287. The molecule has 1 N–H and O–H groups in total. The Balaban J connectivity index is 1.40. The minimum Gasteiger partial charge on any atom is -0.376 e. The summed E-state index contributed by atoms with van der Waals surface area (Å²) in [6, 6.07) is 6.10. The lowest BCUT2D eigenvalue weighted by atomic mass is 10.0. The average Bonchev–Trinajstić information content (AvgIpc) is 3.08. The molecule has 2 aromatic rings. The lowest BCUT2D eigenvalue weighted by Crippen LogP contribution is -2.47. The number of aromatic nitrogens is 2. The van der Waals surface area contributed by atoms with Gasteiger partial charge in [-0.15, -0.1) is 0 Å². The van der Waals surface area contributed by atoms with E-state index < -0.39 is 0 Å². The first-order chi connectivity index (χ1) is 14.0. The van der Waals surface area contributed by atoms with Gasteiger partial charge in [-0.2, -0.15) is 5.10 Å². The lowest BCUT2D eigenvalue weighted by molar-refractivity contribution is 0.0898. The van der Waals surface area contributed by atoms with E-state index in [0.29, 0.717) is 6.61 Å². The Morgan fingerprint density at radius 3 is 2.97 bits per heavy atom. The van der Waals surface area contributed by atoms with Crippen molar-refractivity contribution in [1.82, 2.24) is 20.0 Å². The van der Waals surface area contributed by atoms with Gasteiger partial charge in [0.05, 0.1) is 18.9 Å². The van der Waals surface area contributed by atoms with Crippen molar-refractivity contribution in [1.29, 1.82) is 0 Å². The summed E-state index contributed by atoms with van der Waals surface area (Å²) >= 11 is 0. The molecule has 0 spiro atoms. The maximum absolute atomic E-state index is 12.7. The Morgan fingerprint density at radius 1 is 1.31 bits per heavy atom. The Morgan fingerprint density at radius 2 is 2.17 bits per heavy atom. The first kappa shape index (κ1) is 20.1. The van der Waals surface area contributed by atoms with Crippen LogP contribution in [0.3, 0.4) is 0 Å². The molecule has 2 aliphatic heterocycles. The predicted molar refractivity (Wildman–Crippen MR) is 113 cm³/mol. The number of rotatable bonds is 5. The zero-order valence-electron chi connectivity index (χ0n) is 17.8. The highest BCUT2D eigenvalue weighted by Crippen LogP contribution is 2.23. The van der Waals surface area contributed by atoms with Crippen molar-refractivity contribution in [3.05, 3.63) is 51.8 Å². The quantitative estimate of drug-likeness (QED) is 0.844. The van der Waals surface area contributed by atoms with Gasteiger partial charge in [-0.05, 0) is 63.4 Å². The van der Waals surface area contributed by atoms with Crippen LogP contribution in [0.4, 0.5) is 0 Å². The number of carbonyl (C=O) groups is 1. The molecule has 0 saturated carbocycles. The van der Waals surface area contributed by atoms with E-state index in [1.807, 2.05) is 25.1 Å². The number of carbonyl (C=O) groups excluding carboxylic acids is 1. The summed E-state index contributed by atoms with van der Waals surface area (Å²) in [4.78, 5) is 15.1. The first-order valence-corrected chi connectivity index (χ1v) is 10.8. The minimum absolute atomic E-state index is 0.0287. The van der Waals surface area contributed by atoms with E-state index in [1.165, 1.54) is 16.8 Å². The second kappa shape index (κ2) is 8.67. The van der Waals surface area contributed by atoms with Crippen LogP contribution in [-0.4, -0.2) is 46.3 Å². The Kier molecular flexibility index (Phi) is 6.01. The van der Waals surface area contributed by atoms with E-state index in [-0.39, 0.29) is 11.9 Å². The van der Waals surface area contributed by atoms with E-state index >= 15 is 0 Å². The van der Waals surface area contributed by atoms with Crippen LogP contribution >= 0.6 is 0 Å². The molecule has 29 heavy (non-hydrogen) atoms. The number of benzene rings is 1. The molecule has 2 aliphatic rings. The fourth-order valence-corrected chi connectivity index (χ4v) is 4.45. The molecule has 0 aliphatic carbocycles. The summed E-state index contributed by atoms with van der Waals surface area (Å²) in [6.07, 6.45) is 3.06. The van der Waals surface area contributed by atoms with Gasteiger partial charge in [0, 0.05) is 48.9 Å². The molecular weight excluding hydrogens is 364 g/mol. The summed E-state index contributed by atoms with van der Waals surface area (Å²) in [5.41, 5.74) is 6.87. The number of piperidine rings is 1. The molecule has 1 aromatic heterocycles. The van der Waals surface area contributed by atoms with Crippen molar-refractivity contribution in [2.75, 3.05) is 19.7 Å². The number of likely N-dealkylation sites (tertiary alicyclic amines) is 1. The van der Waals surface area contributed by atoms with Gasteiger partial charge in [0.1, 0.15) is 0 Å². The number of amides is 1. The van der Waals surface area contributed by atoms with Gasteiger partial charge in [-0.25, -0.2) is 0 Å². The fraction of sp³-hybridized carbons (Fsp3) is 0.565. The van der Waals surface area contributed by atoms with E-state index in [1.54, 1.807) is 0 Å². The summed E-state index contributed by atoms with van der Waals surface area (Å²) in [6.45, 7) is 11.4. The highest BCUT2D eigenvalue weighted by Gasteiger charge is 2.26. The Labute approximate surface area is 173 Å².